The van der Waals surface area contributed by atoms with Crippen LogP contribution in [0.3, 0.4) is 0 Å². The Morgan fingerprint density at radius 3 is 2.36 bits per heavy atom. The van der Waals surface area contributed by atoms with E-state index in [4.69, 9.17) is 4.74 Å². The molecule has 132 valence electrons. The molecule has 0 aromatic heterocycles. The summed E-state index contributed by atoms with van der Waals surface area (Å²) in [5.41, 5.74) is 0.538. The number of carbonyl (C=O) groups is 1. The highest BCUT2D eigenvalue weighted by atomic mass is 32.2. The van der Waals surface area contributed by atoms with Crippen molar-refractivity contribution in [3.63, 3.8) is 0 Å². The zero-order valence-corrected chi connectivity index (χ0v) is 14.3. The highest BCUT2D eigenvalue weighted by molar-refractivity contribution is 7.91. The number of ether oxygens (including phenoxy) is 1. The van der Waals surface area contributed by atoms with Crippen LogP contribution in [-0.2, 0) is 14.6 Å². The third kappa shape index (κ3) is 3.77. The predicted octanol–water partition coefficient (Wildman–Crippen LogP) is 2.13. The number of methoxy groups -OCH3 is 1. The van der Waals surface area contributed by atoms with Gasteiger partial charge in [0.2, 0.25) is 16.2 Å². The number of sulfone groups is 1. The van der Waals surface area contributed by atoms with Gasteiger partial charge in [-0.05, 0) is 30.7 Å². The Morgan fingerprint density at radius 2 is 1.84 bits per heavy atom. The number of hydrogen-bond donors (Lipinski definition) is 1. The Kier molecular flexibility index (Phi) is 5.38. The van der Waals surface area contributed by atoms with Gasteiger partial charge in [0.15, 0.2) is 11.1 Å². The smallest absolute Gasteiger partial charge is 0.311 e. The third-order valence-corrected chi connectivity index (χ3v) is 5.54. The molecule has 0 heterocycles. The van der Waals surface area contributed by atoms with Crippen molar-refractivity contribution >= 4 is 21.9 Å². The van der Waals surface area contributed by atoms with Crippen molar-refractivity contribution in [1.82, 2.24) is 5.32 Å². The molecule has 0 saturated carbocycles. The molecular weight excluding hydrogens is 348 g/mol. The molecule has 0 aliphatic carbocycles. The van der Waals surface area contributed by atoms with E-state index in [0.29, 0.717) is 0 Å². The van der Waals surface area contributed by atoms with E-state index >= 15 is 0 Å². The van der Waals surface area contributed by atoms with E-state index in [2.05, 4.69) is 5.32 Å². The average molecular weight is 364 g/mol. The molecule has 0 saturated heterocycles. The van der Waals surface area contributed by atoms with E-state index in [9.17, 15) is 23.3 Å². The van der Waals surface area contributed by atoms with Crippen molar-refractivity contribution in [1.29, 1.82) is 0 Å². The molecule has 9 heteroatoms. The van der Waals surface area contributed by atoms with Gasteiger partial charge >= 0.3 is 5.69 Å². The van der Waals surface area contributed by atoms with E-state index in [1.807, 2.05) is 6.92 Å². The van der Waals surface area contributed by atoms with Gasteiger partial charge in [-0.3, -0.25) is 14.9 Å². The molecule has 0 spiro atoms. The molecule has 1 unspecified atom stereocenters. The van der Waals surface area contributed by atoms with Crippen LogP contribution in [0.2, 0.25) is 0 Å². The molecule has 0 aliphatic heterocycles. The van der Waals surface area contributed by atoms with Gasteiger partial charge in [-0.25, -0.2) is 8.42 Å². The first-order valence-electron chi connectivity index (χ1n) is 7.14. The minimum absolute atomic E-state index is 0.00378. The summed E-state index contributed by atoms with van der Waals surface area (Å²) in [5, 5.41) is 11.9. The number of nitrogens with zero attached hydrogens (tertiary/aromatic N) is 1. The number of amides is 1. The number of rotatable bonds is 7. The largest absolute Gasteiger partial charge is 0.490 e. The molecule has 2 rings (SSSR count). The third-order valence-electron chi connectivity index (χ3n) is 3.58. The van der Waals surface area contributed by atoms with Crippen molar-refractivity contribution in [2.24, 2.45) is 0 Å². The monoisotopic (exact) mass is 364 g/mol. The molecule has 0 aliphatic rings. The SMILES string of the molecule is COc1ccc(C(NC=O)S(=O)(=O)c2ccc(C)cc2)cc1[N+](=O)[O-]. The van der Waals surface area contributed by atoms with Gasteiger partial charge in [-0.15, -0.1) is 0 Å². The van der Waals surface area contributed by atoms with Crippen LogP contribution < -0.4 is 10.1 Å². The second-order valence-electron chi connectivity index (χ2n) is 5.21. The number of nitrogens with one attached hydrogen (secondary N) is 1. The standard InChI is InChI=1S/C16H16N2O6S/c1-11-3-6-13(7-4-11)25(22,23)16(17-10-19)12-5-8-15(24-2)14(9-12)18(20)21/h3-10,16H,1-2H3,(H,17,19). The molecule has 0 radical (unpaired) electrons. The normalized spacial score (nSPS) is 12.2. The van der Waals surface area contributed by atoms with Gasteiger partial charge < -0.3 is 10.1 Å². The molecule has 0 bridgehead atoms. The van der Waals surface area contributed by atoms with Crippen LogP contribution in [0, 0.1) is 17.0 Å². The lowest BCUT2D eigenvalue weighted by molar-refractivity contribution is -0.385. The summed E-state index contributed by atoms with van der Waals surface area (Å²) in [6.45, 7) is 1.81. The molecule has 2 aromatic carbocycles. The maximum Gasteiger partial charge on any atom is 0.311 e. The van der Waals surface area contributed by atoms with Gasteiger partial charge in [0, 0.05) is 6.07 Å². The highest BCUT2D eigenvalue weighted by Gasteiger charge is 2.31. The summed E-state index contributed by atoms with van der Waals surface area (Å²) >= 11 is 0. The second-order valence-corrected chi connectivity index (χ2v) is 7.24. The van der Waals surface area contributed by atoms with Crippen LogP contribution >= 0.6 is 0 Å². The Balaban J connectivity index is 2.58. The minimum atomic E-state index is -4.00. The van der Waals surface area contributed by atoms with E-state index in [0.717, 1.165) is 11.6 Å². The molecule has 1 N–H and O–H groups in total. The summed E-state index contributed by atoms with van der Waals surface area (Å²) in [7, 11) is -2.73. The lowest BCUT2D eigenvalue weighted by Crippen LogP contribution is -2.28. The lowest BCUT2D eigenvalue weighted by Gasteiger charge is -2.18. The summed E-state index contributed by atoms with van der Waals surface area (Å²) in [4.78, 5) is 21.4. The Bertz CT molecular complexity index is 893. The number of carbonyl (C=O) groups excluding carboxylic acids is 1. The number of hydrogen-bond acceptors (Lipinski definition) is 6. The summed E-state index contributed by atoms with van der Waals surface area (Å²) in [6, 6.07) is 9.81. The number of nitro groups is 1. The first-order chi connectivity index (χ1) is 11.8. The topological polar surface area (TPSA) is 116 Å². The van der Waals surface area contributed by atoms with Gasteiger partial charge in [0.25, 0.3) is 0 Å². The van der Waals surface area contributed by atoms with Crippen LogP contribution in [0.4, 0.5) is 5.69 Å². The van der Waals surface area contributed by atoms with Crippen LogP contribution in [0.25, 0.3) is 0 Å². The van der Waals surface area contributed by atoms with Crippen LogP contribution in [0.5, 0.6) is 5.75 Å². The Morgan fingerprint density at radius 1 is 1.20 bits per heavy atom. The fourth-order valence-electron chi connectivity index (χ4n) is 2.30. The minimum Gasteiger partial charge on any atom is -0.490 e. The maximum atomic E-state index is 12.8. The molecule has 1 amide bonds. The Hall–Kier alpha value is -2.94. The second kappa shape index (κ2) is 7.31. The van der Waals surface area contributed by atoms with E-state index in [1.165, 1.54) is 31.4 Å². The molecule has 1 atom stereocenters. The first kappa shape index (κ1) is 18.4. The van der Waals surface area contributed by atoms with Crippen molar-refractivity contribution in [2.75, 3.05) is 7.11 Å². The van der Waals surface area contributed by atoms with Crippen molar-refractivity contribution in [3.05, 3.63) is 63.7 Å². The average Bonchev–Trinajstić information content (AvgIpc) is 2.59. The highest BCUT2D eigenvalue weighted by Crippen LogP contribution is 2.33. The number of benzene rings is 2. The van der Waals surface area contributed by atoms with Gasteiger partial charge in [-0.2, -0.15) is 0 Å². The molecule has 8 nitrogen and oxygen atoms in total. The quantitative estimate of drug-likeness (QED) is 0.457. The van der Waals surface area contributed by atoms with Crippen LogP contribution in [0.1, 0.15) is 16.5 Å². The molecule has 0 fully saturated rings. The van der Waals surface area contributed by atoms with Crippen molar-refractivity contribution < 1.29 is 22.9 Å². The van der Waals surface area contributed by atoms with E-state index in [-0.39, 0.29) is 22.6 Å². The zero-order valence-electron chi connectivity index (χ0n) is 13.5. The van der Waals surface area contributed by atoms with Crippen molar-refractivity contribution in [3.8, 4) is 5.75 Å². The lowest BCUT2D eigenvalue weighted by atomic mass is 10.2. The fourth-order valence-corrected chi connectivity index (χ4v) is 3.83. The predicted molar refractivity (Wildman–Crippen MR) is 90.0 cm³/mol. The zero-order chi connectivity index (χ0) is 18.6. The number of aryl methyl sites for hydroxylation is 1. The van der Waals surface area contributed by atoms with Gasteiger partial charge in [0.1, 0.15) is 0 Å². The summed E-state index contributed by atoms with van der Waals surface area (Å²) < 4.78 is 30.6. The van der Waals surface area contributed by atoms with Crippen LogP contribution in [-0.4, -0.2) is 26.9 Å². The Labute approximate surface area is 144 Å². The first-order valence-corrected chi connectivity index (χ1v) is 8.68. The van der Waals surface area contributed by atoms with Gasteiger partial charge in [-0.1, -0.05) is 23.8 Å². The van der Waals surface area contributed by atoms with Gasteiger partial charge in [0.05, 0.1) is 16.9 Å². The molecule has 2 aromatic rings. The molecule has 25 heavy (non-hydrogen) atoms. The van der Waals surface area contributed by atoms with E-state index in [1.54, 1.807) is 12.1 Å². The van der Waals surface area contributed by atoms with E-state index < -0.39 is 25.8 Å². The summed E-state index contributed by atoms with van der Waals surface area (Å²) in [6.07, 6.45) is 0.243. The maximum absolute atomic E-state index is 12.8. The van der Waals surface area contributed by atoms with Crippen LogP contribution in [0.15, 0.2) is 47.4 Å². The number of nitro benzene ring substituents is 1. The molecular formula is C16H16N2O6S. The van der Waals surface area contributed by atoms with Crippen molar-refractivity contribution in [2.45, 2.75) is 17.2 Å². The fraction of sp³-hybridized carbons (Fsp3) is 0.188. The summed E-state index contributed by atoms with van der Waals surface area (Å²) in [5.74, 6) is -0.00802.